The lowest BCUT2D eigenvalue weighted by atomic mass is 10.1. The lowest BCUT2D eigenvalue weighted by molar-refractivity contribution is -0.200. The fourth-order valence-electron chi connectivity index (χ4n) is 2.32. The van der Waals surface area contributed by atoms with Crippen molar-refractivity contribution in [1.29, 1.82) is 0 Å². The van der Waals surface area contributed by atoms with E-state index in [1.807, 2.05) is 30.3 Å². The monoisotopic (exact) mass is 235 g/mol. The maximum atomic E-state index is 6.16. The molecular weight excluding hydrogens is 214 g/mol. The second-order valence-corrected chi connectivity index (χ2v) is 4.56. The SMILES string of the molecule is CCN1CCOC(C)C1(C)Oc1ccccc1. The highest BCUT2D eigenvalue weighted by Gasteiger charge is 2.42. The maximum Gasteiger partial charge on any atom is 0.186 e. The zero-order chi connectivity index (χ0) is 12.3. The highest BCUT2D eigenvalue weighted by molar-refractivity contribution is 5.22. The molecule has 0 aromatic heterocycles. The topological polar surface area (TPSA) is 21.7 Å². The van der Waals surface area contributed by atoms with Gasteiger partial charge in [-0.3, -0.25) is 4.90 Å². The van der Waals surface area contributed by atoms with Crippen LogP contribution < -0.4 is 4.74 Å². The Morgan fingerprint density at radius 3 is 2.76 bits per heavy atom. The average Bonchev–Trinajstić information content (AvgIpc) is 2.34. The largest absolute Gasteiger partial charge is 0.470 e. The van der Waals surface area contributed by atoms with Crippen molar-refractivity contribution in [2.24, 2.45) is 0 Å². The van der Waals surface area contributed by atoms with E-state index in [9.17, 15) is 0 Å². The van der Waals surface area contributed by atoms with E-state index in [2.05, 4.69) is 25.7 Å². The Hall–Kier alpha value is -1.06. The van der Waals surface area contributed by atoms with Gasteiger partial charge in [0.25, 0.3) is 0 Å². The molecule has 3 heteroatoms. The first-order chi connectivity index (χ1) is 8.16. The van der Waals surface area contributed by atoms with Gasteiger partial charge in [0.05, 0.1) is 6.61 Å². The molecule has 1 aromatic carbocycles. The van der Waals surface area contributed by atoms with Crippen molar-refractivity contribution >= 4 is 0 Å². The van der Waals surface area contributed by atoms with E-state index < -0.39 is 0 Å². The molecule has 1 fully saturated rings. The molecule has 1 aliphatic heterocycles. The molecule has 17 heavy (non-hydrogen) atoms. The molecule has 94 valence electrons. The summed E-state index contributed by atoms with van der Waals surface area (Å²) in [7, 11) is 0. The standard InChI is InChI=1S/C14H21NO2/c1-4-15-10-11-16-12(2)14(15,3)17-13-8-6-5-7-9-13/h5-9,12H,4,10-11H2,1-3H3. The molecule has 2 unspecified atom stereocenters. The van der Waals surface area contributed by atoms with Crippen molar-refractivity contribution in [3.63, 3.8) is 0 Å². The third-order valence-corrected chi connectivity index (χ3v) is 3.56. The first-order valence-corrected chi connectivity index (χ1v) is 6.27. The van der Waals surface area contributed by atoms with Gasteiger partial charge < -0.3 is 9.47 Å². The van der Waals surface area contributed by atoms with Gasteiger partial charge in [-0.15, -0.1) is 0 Å². The van der Waals surface area contributed by atoms with Gasteiger partial charge in [0.15, 0.2) is 5.72 Å². The highest BCUT2D eigenvalue weighted by atomic mass is 16.6. The van der Waals surface area contributed by atoms with Crippen LogP contribution in [0.15, 0.2) is 30.3 Å². The van der Waals surface area contributed by atoms with Crippen LogP contribution in [0.25, 0.3) is 0 Å². The van der Waals surface area contributed by atoms with Crippen molar-refractivity contribution in [2.45, 2.75) is 32.6 Å². The second-order valence-electron chi connectivity index (χ2n) is 4.56. The molecule has 0 saturated carbocycles. The lowest BCUT2D eigenvalue weighted by Crippen LogP contribution is -2.62. The fourth-order valence-corrected chi connectivity index (χ4v) is 2.32. The van der Waals surface area contributed by atoms with E-state index in [1.165, 1.54) is 0 Å². The summed E-state index contributed by atoms with van der Waals surface area (Å²) < 4.78 is 11.9. The van der Waals surface area contributed by atoms with Gasteiger partial charge >= 0.3 is 0 Å². The predicted molar refractivity (Wildman–Crippen MR) is 68.1 cm³/mol. The third-order valence-electron chi connectivity index (χ3n) is 3.56. The van der Waals surface area contributed by atoms with Gasteiger partial charge in [-0.05, 0) is 32.5 Å². The van der Waals surface area contributed by atoms with Gasteiger partial charge in [-0.1, -0.05) is 25.1 Å². The van der Waals surface area contributed by atoms with Gasteiger partial charge in [0.2, 0.25) is 0 Å². The summed E-state index contributed by atoms with van der Waals surface area (Å²) in [5.41, 5.74) is -0.381. The minimum atomic E-state index is -0.381. The van der Waals surface area contributed by atoms with Crippen molar-refractivity contribution in [2.75, 3.05) is 19.7 Å². The molecule has 0 spiro atoms. The first-order valence-electron chi connectivity index (χ1n) is 6.27. The van der Waals surface area contributed by atoms with Crippen LogP contribution in [0, 0.1) is 0 Å². The first kappa shape index (κ1) is 12.4. The summed E-state index contributed by atoms with van der Waals surface area (Å²) in [5.74, 6) is 0.894. The van der Waals surface area contributed by atoms with Crippen molar-refractivity contribution < 1.29 is 9.47 Å². The Kier molecular flexibility index (Phi) is 3.69. The minimum absolute atomic E-state index is 0.0661. The lowest BCUT2D eigenvalue weighted by Gasteiger charge is -2.47. The van der Waals surface area contributed by atoms with E-state index in [-0.39, 0.29) is 11.8 Å². The number of hydrogen-bond acceptors (Lipinski definition) is 3. The molecule has 2 rings (SSSR count). The molecule has 0 radical (unpaired) electrons. The third kappa shape index (κ3) is 2.45. The van der Waals surface area contributed by atoms with E-state index in [1.54, 1.807) is 0 Å². The Morgan fingerprint density at radius 1 is 1.41 bits per heavy atom. The fraction of sp³-hybridized carbons (Fsp3) is 0.571. The molecule has 1 heterocycles. The van der Waals surface area contributed by atoms with Crippen LogP contribution in [0.3, 0.4) is 0 Å². The van der Waals surface area contributed by atoms with Gasteiger partial charge in [-0.25, -0.2) is 0 Å². The molecule has 2 atom stereocenters. The highest BCUT2D eigenvalue weighted by Crippen LogP contribution is 2.29. The normalized spacial score (nSPS) is 30.2. The zero-order valence-corrected chi connectivity index (χ0v) is 10.8. The quantitative estimate of drug-likeness (QED) is 0.803. The summed E-state index contributed by atoms with van der Waals surface area (Å²) in [6.45, 7) is 9.01. The van der Waals surface area contributed by atoms with Gasteiger partial charge in [0, 0.05) is 6.54 Å². The number of nitrogens with zero attached hydrogens (tertiary/aromatic N) is 1. The molecule has 0 amide bonds. The number of benzene rings is 1. The summed E-state index contributed by atoms with van der Waals surface area (Å²) in [5, 5.41) is 0. The van der Waals surface area contributed by atoms with Crippen molar-refractivity contribution in [3.05, 3.63) is 30.3 Å². The zero-order valence-electron chi connectivity index (χ0n) is 10.8. The number of likely N-dealkylation sites (N-methyl/N-ethyl adjacent to an activating group) is 1. The molecule has 1 aromatic rings. The summed E-state index contributed by atoms with van der Waals surface area (Å²) in [6.07, 6.45) is 0.0661. The number of rotatable bonds is 3. The van der Waals surface area contributed by atoms with Crippen molar-refractivity contribution in [1.82, 2.24) is 4.90 Å². The summed E-state index contributed by atoms with van der Waals surface area (Å²) in [6, 6.07) is 9.95. The van der Waals surface area contributed by atoms with Gasteiger partial charge in [-0.2, -0.15) is 0 Å². The number of para-hydroxylation sites is 1. The van der Waals surface area contributed by atoms with E-state index in [4.69, 9.17) is 9.47 Å². The van der Waals surface area contributed by atoms with Crippen LogP contribution >= 0.6 is 0 Å². The van der Waals surface area contributed by atoms with Crippen LogP contribution in [-0.4, -0.2) is 36.4 Å². The van der Waals surface area contributed by atoms with E-state index in [0.717, 1.165) is 25.4 Å². The van der Waals surface area contributed by atoms with Crippen LogP contribution in [0.5, 0.6) is 5.75 Å². The van der Waals surface area contributed by atoms with Crippen LogP contribution in [0.2, 0.25) is 0 Å². The molecule has 1 aliphatic rings. The molecular formula is C14H21NO2. The molecule has 3 nitrogen and oxygen atoms in total. The molecule has 0 bridgehead atoms. The Balaban J connectivity index is 2.19. The average molecular weight is 235 g/mol. The van der Waals surface area contributed by atoms with E-state index in [0.29, 0.717) is 0 Å². The van der Waals surface area contributed by atoms with Crippen molar-refractivity contribution in [3.8, 4) is 5.75 Å². The van der Waals surface area contributed by atoms with Crippen LogP contribution in [-0.2, 0) is 4.74 Å². The predicted octanol–water partition coefficient (Wildman–Crippen LogP) is 2.52. The Labute approximate surface area is 103 Å². The number of hydrogen-bond donors (Lipinski definition) is 0. The number of ether oxygens (including phenoxy) is 2. The Bertz CT molecular complexity index is 354. The van der Waals surface area contributed by atoms with Crippen LogP contribution in [0.1, 0.15) is 20.8 Å². The smallest absolute Gasteiger partial charge is 0.186 e. The Morgan fingerprint density at radius 2 is 2.12 bits per heavy atom. The molecule has 0 aliphatic carbocycles. The summed E-state index contributed by atoms with van der Waals surface area (Å²) >= 11 is 0. The maximum absolute atomic E-state index is 6.16. The molecule has 0 N–H and O–H groups in total. The summed E-state index contributed by atoms with van der Waals surface area (Å²) in [4.78, 5) is 2.33. The number of morpholine rings is 1. The van der Waals surface area contributed by atoms with Crippen LogP contribution in [0.4, 0.5) is 0 Å². The molecule has 1 saturated heterocycles. The van der Waals surface area contributed by atoms with E-state index >= 15 is 0 Å². The second kappa shape index (κ2) is 5.07. The van der Waals surface area contributed by atoms with Gasteiger partial charge in [0.1, 0.15) is 11.9 Å². The minimum Gasteiger partial charge on any atom is -0.470 e.